The molecule has 0 aromatic carbocycles. The lowest BCUT2D eigenvalue weighted by molar-refractivity contribution is 0.123. The molecule has 0 saturated carbocycles. The molecule has 2 aromatic rings. The Balaban J connectivity index is 1.72. The van der Waals surface area contributed by atoms with Crippen LogP contribution in [-0.2, 0) is 4.74 Å². The lowest BCUT2D eigenvalue weighted by Crippen LogP contribution is -2.23. The van der Waals surface area contributed by atoms with Gasteiger partial charge in [0.25, 0.3) is 0 Å². The minimum Gasteiger partial charge on any atom is -0.380 e. The third kappa shape index (κ3) is 4.54. The van der Waals surface area contributed by atoms with Crippen LogP contribution in [-0.4, -0.2) is 24.7 Å². The number of nitrogens with one attached hydrogen (secondary N) is 1. The molecule has 2 aromatic heterocycles. The van der Waals surface area contributed by atoms with Crippen molar-refractivity contribution in [3.05, 3.63) is 29.3 Å². The van der Waals surface area contributed by atoms with E-state index in [4.69, 9.17) is 4.74 Å². The van der Waals surface area contributed by atoms with Gasteiger partial charge in [-0.2, -0.15) is 0 Å². The quantitative estimate of drug-likeness (QED) is 0.746. The highest BCUT2D eigenvalue weighted by Gasteiger charge is 2.06. The van der Waals surface area contributed by atoms with E-state index in [0.29, 0.717) is 12.0 Å². The van der Waals surface area contributed by atoms with E-state index in [9.17, 15) is 0 Å². The first kappa shape index (κ1) is 15.4. The Labute approximate surface area is 125 Å². The molecule has 0 radical (unpaired) electrons. The fourth-order valence-corrected chi connectivity index (χ4v) is 2.77. The van der Waals surface area contributed by atoms with E-state index in [1.54, 1.807) is 11.3 Å². The molecule has 0 aliphatic heterocycles. The largest absolute Gasteiger partial charge is 0.380 e. The molecule has 1 unspecified atom stereocenters. The normalized spacial score (nSPS) is 13.2. The summed E-state index contributed by atoms with van der Waals surface area (Å²) < 4.78 is 6.87. The molecule has 0 aliphatic carbocycles. The number of pyridine rings is 1. The number of nitrogens with zero attached hydrogens (tertiary/aromatic N) is 1. The van der Waals surface area contributed by atoms with Crippen molar-refractivity contribution in [2.75, 3.05) is 19.8 Å². The molecule has 0 aliphatic rings. The van der Waals surface area contributed by atoms with E-state index in [-0.39, 0.29) is 0 Å². The maximum absolute atomic E-state index is 5.61. The molecule has 0 amide bonds. The van der Waals surface area contributed by atoms with E-state index in [0.717, 1.165) is 31.7 Å². The highest BCUT2D eigenvalue weighted by Crippen LogP contribution is 2.22. The van der Waals surface area contributed by atoms with Crippen LogP contribution in [0.25, 0.3) is 10.2 Å². The molecule has 1 atom stereocenters. The molecule has 0 spiro atoms. The molecular weight excluding hydrogens is 268 g/mol. The first-order valence-electron chi connectivity index (χ1n) is 7.31. The molecule has 3 nitrogen and oxygen atoms in total. The van der Waals surface area contributed by atoms with Crippen molar-refractivity contribution in [1.82, 2.24) is 10.3 Å². The van der Waals surface area contributed by atoms with Gasteiger partial charge in [0.2, 0.25) is 0 Å². The number of ether oxygens (including phenoxy) is 1. The third-order valence-corrected chi connectivity index (χ3v) is 4.21. The van der Waals surface area contributed by atoms with Gasteiger partial charge in [-0.15, -0.1) is 11.3 Å². The van der Waals surface area contributed by atoms with Gasteiger partial charge >= 0.3 is 0 Å². The zero-order chi connectivity index (χ0) is 14.4. The van der Waals surface area contributed by atoms with E-state index in [1.807, 2.05) is 6.20 Å². The second-order valence-corrected chi connectivity index (χ2v) is 6.49. The van der Waals surface area contributed by atoms with Crippen molar-refractivity contribution in [3.63, 3.8) is 0 Å². The van der Waals surface area contributed by atoms with Crippen LogP contribution in [0.2, 0.25) is 0 Å². The first-order chi connectivity index (χ1) is 9.66. The summed E-state index contributed by atoms with van der Waals surface area (Å²) in [6.45, 7) is 9.11. The Morgan fingerprint density at radius 1 is 1.30 bits per heavy atom. The van der Waals surface area contributed by atoms with Gasteiger partial charge in [-0.25, -0.2) is 0 Å². The van der Waals surface area contributed by atoms with Crippen LogP contribution in [0, 0.1) is 5.92 Å². The smallest absolute Gasteiger partial charge is 0.0809 e. The van der Waals surface area contributed by atoms with Gasteiger partial charge in [0.1, 0.15) is 0 Å². The maximum atomic E-state index is 5.61. The van der Waals surface area contributed by atoms with Crippen molar-refractivity contribution in [3.8, 4) is 0 Å². The second kappa shape index (κ2) is 7.72. The molecule has 110 valence electrons. The fourth-order valence-electron chi connectivity index (χ4n) is 1.98. The van der Waals surface area contributed by atoms with Gasteiger partial charge in [0.05, 0.1) is 16.8 Å². The molecular formula is C16H24N2OS. The van der Waals surface area contributed by atoms with Crippen LogP contribution in [0.4, 0.5) is 0 Å². The van der Waals surface area contributed by atoms with Crippen molar-refractivity contribution in [2.24, 2.45) is 5.92 Å². The third-order valence-electron chi connectivity index (χ3n) is 3.36. The van der Waals surface area contributed by atoms with Gasteiger partial charge in [0, 0.05) is 25.4 Å². The van der Waals surface area contributed by atoms with Crippen LogP contribution in [0.1, 0.15) is 38.8 Å². The average molecular weight is 292 g/mol. The highest BCUT2D eigenvalue weighted by molar-refractivity contribution is 7.17. The lowest BCUT2D eigenvalue weighted by atomic mass is 10.1. The first-order valence-corrected chi connectivity index (χ1v) is 8.19. The monoisotopic (exact) mass is 292 g/mol. The van der Waals surface area contributed by atoms with Crippen LogP contribution < -0.4 is 5.32 Å². The highest BCUT2D eigenvalue weighted by atomic mass is 32.1. The number of rotatable bonds is 8. The van der Waals surface area contributed by atoms with E-state index < -0.39 is 0 Å². The van der Waals surface area contributed by atoms with Gasteiger partial charge in [-0.3, -0.25) is 4.98 Å². The molecule has 4 heteroatoms. The Bertz CT molecular complexity index is 524. The Morgan fingerprint density at radius 2 is 2.15 bits per heavy atom. The summed E-state index contributed by atoms with van der Waals surface area (Å²) in [6, 6.07) is 4.59. The minimum atomic E-state index is 0.308. The standard InChI is InChI=1S/C16H24N2OS/c1-12(2)4-7-19-8-6-17-13(3)14-10-16-15(18-11-14)5-9-20-16/h5,9-13,17H,4,6-8H2,1-3H3. The molecule has 1 N–H and O–H groups in total. The van der Waals surface area contributed by atoms with E-state index in [2.05, 4.69) is 48.6 Å². The van der Waals surface area contributed by atoms with Crippen molar-refractivity contribution >= 4 is 21.6 Å². The van der Waals surface area contributed by atoms with Gasteiger partial charge in [-0.1, -0.05) is 13.8 Å². The summed E-state index contributed by atoms with van der Waals surface area (Å²) in [5.74, 6) is 0.713. The molecule has 0 bridgehead atoms. The molecule has 2 rings (SSSR count). The summed E-state index contributed by atoms with van der Waals surface area (Å²) >= 11 is 1.74. The Kier molecular flexibility index (Phi) is 5.95. The van der Waals surface area contributed by atoms with Crippen molar-refractivity contribution < 1.29 is 4.74 Å². The SMILES string of the molecule is CC(C)CCOCCNC(C)c1cnc2ccsc2c1. The Morgan fingerprint density at radius 3 is 2.95 bits per heavy atom. The van der Waals surface area contributed by atoms with Crippen LogP contribution in [0.3, 0.4) is 0 Å². The fraction of sp³-hybridized carbons (Fsp3) is 0.562. The molecule has 2 heterocycles. The lowest BCUT2D eigenvalue weighted by Gasteiger charge is -2.14. The zero-order valence-corrected chi connectivity index (χ0v) is 13.4. The van der Waals surface area contributed by atoms with Crippen LogP contribution >= 0.6 is 11.3 Å². The van der Waals surface area contributed by atoms with Gasteiger partial charge in [0.15, 0.2) is 0 Å². The maximum Gasteiger partial charge on any atom is 0.0809 e. The van der Waals surface area contributed by atoms with Gasteiger partial charge < -0.3 is 10.1 Å². The summed E-state index contributed by atoms with van der Waals surface area (Å²) in [5, 5.41) is 5.57. The van der Waals surface area contributed by atoms with Crippen molar-refractivity contribution in [2.45, 2.75) is 33.2 Å². The Hall–Kier alpha value is -0.970. The number of hydrogen-bond donors (Lipinski definition) is 1. The summed E-state index contributed by atoms with van der Waals surface area (Å²) in [5.41, 5.74) is 2.32. The van der Waals surface area contributed by atoms with E-state index >= 15 is 0 Å². The number of thiophene rings is 1. The summed E-state index contributed by atoms with van der Waals surface area (Å²) in [7, 11) is 0. The molecule has 0 fully saturated rings. The van der Waals surface area contributed by atoms with Crippen molar-refractivity contribution in [1.29, 1.82) is 0 Å². The summed E-state index contributed by atoms with van der Waals surface area (Å²) in [6.07, 6.45) is 3.10. The molecule has 20 heavy (non-hydrogen) atoms. The molecule has 0 saturated heterocycles. The minimum absolute atomic E-state index is 0.308. The van der Waals surface area contributed by atoms with Crippen LogP contribution in [0.15, 0.2) is 23.7 Å². The van der Waals surface area contributed by atoms with Crippen LogP contribution in [0.5, 0.6) is 0 Å². The zero-order valence-electron chi connectivity index (χ0n) is 12.6. The number of hydrogen-bond acceptors (Lipinski definition) is 4. The topological polar surface area (TPSA) is 34.1 Å². The number of fused-ring (bicyclic) bond motifs is 1. The predicted octanol–water partition coefficient (Wildman–Crippen LogP) is 4.01. The number of aromatic nitrogens is 1. The predicted molar refractivity (Wildman–Crippen MR) is 86.3 cm³/mol. The second-order valence-electron chi connectivity index (χ2n) is 5.54. The van der Waals surface area contributed by atoms with E-state index in [1.165, 1.54) is 10.3 Å². The average Bonchev–Trinajstić information content (AvgIpc) is 2.89. The van der Waals surface area contributed by atoms with Gasteiger partial charge in [-0.05, 0) is 42.3 Å². The summed E-state index contributed by atoms with van der Waals surface area (Å²) in [4.78, 5) is 4.48.